The van der Waals surface area contributed by atoms with Crippen LogP contribution >= 0.6 is 0 Å². The van der Waals surface area contributed by atoms with Gasteiger partial charge < -0.3 is 10.3 Å². The Kier molecular flexibility index (Phi) is 4.33. The molecule has 2 aromatic carbocycles. The lowest BCUT2D eigenvalue weighted by atomic mass is 10.0. The van der Waals surface area contributed by atoms with Crippen LogP contribution in [-0.2, 0) is 4.79 Å². The van der Waals surface area contributed by atoms with E-state index >= 15 is 0 Å². The molecule has 146 valence electrons. The van der Waals surface area contributed by atoms with Gasteiger partial charge in [-0.05, 0) is 24.3 Å². The Labute approximate surface area is 172 Å². The molecule has 0 aliphatic rings. The molecule has 1 amide bonds. The number of carbonyl (C=O) groups excluding carboxylic acids is 1. The maximum absolute atomic E-state index is 11.4. The Morgan fingerprint density at radius 1 is 0.933 bits per heavy atom. The summed E-state index contributed by atoms with van der Waals surface area (Å²) < 4.78 is 0. The highest BCUT2D eigenvalue weighted by Crippen LogP contribution is 2.34. The lowest BCUT2D eigenvalue weighted by Gasteiger charge is -2.04. The topological polar surface area (TPSA) is 99.4 Å². The number of fused-ring (bicyclic) bond motifs is 1. The predicted octanol–water partition coefficient (Wildman–Crippen LogP) is 4.64. The predicted molar refractivity (Wildman–Crippen MR) is 117 cm³/mol. The van der Waals surface area contributed by atoms with Gasteiger partial charge in [0.05, 0.1) is 16.9 Å². The number of aromatic amines is 2. The number of aromatic nitrogens is 5. The quantitative estimate of drug-likeness (QED) is 0.413. The summed E-state index contributed by atoms with van der Waals surface area (Å²) in [5.74, 6) is 1.15. The highest BCUT2D eigenvalue weighted by molar-refractivity contribution is 6.00. The first-order valence-electron chi connectivity index (χ1n) is 9.51. The lowest BCUT2D eigenvalue weighted by molar-refractivity contribution is -0.114. The van der Waals surface area contributed by atoms with Gasteiger partial charge in [0.25, 0.3) is 0 Å². The molecule has 0 aliphatic heterocycles. The third kappa shape index (κ3) is 3.22. The monoisotopic (exact) mass is 394 g/mol. The van der Waals surface area contributed by atoms with E-state index in [0.717, 1.165) is 44.8 Å². The Bertz CT molecular complexity index is 1340. The number of nitrogens with one attached hydrogen (secondary N) is 3. The van der Waals surface area contributed by atoms with E-state index in [2.05, 4.69) is 25.5 Å². The minimum atomic E-state index is -0.160. The van der Waals surface area contributed by atoms with Gasteiger partial charge in [-0.2, -0.15) is 5.10 Å². The van der Waals surface area contributed by atoms with Crippen molar-refractivity contribution in [1.82, 2.24) is 25.1 Å². The number of anilines is 1. The third-order valence-corrected chi connectivity index (χ3v) is 4.85. The maximum atomic E-state index is 11.4. The first-order valence-corrected chi connectivity index (χ1v) is 9.51. The molecule has 3 heterocycles. The molecule has 0 aliphatic carbocycles. The molecule has 7 heteroatoms. The van der Waals surface area contributed by atoms with Crippen LogP contribution in [-0.4, -0.2) is 31.1 Å². The molecular formula is C23H18N6O. The van der Waals surface area contributed by atoms with Crippen LogP contribution in [0.3, 0.4) is 0 Å². The molecule has 0 unspecified atom stereocenters. The molecule has 5 rings (SSSR count). The SMILES string of the molecule is CC(=O)Nc1n[nH]c2cc(-c3nc(-c4ccccc4)[nH]c3-c3ccncc3)ccc12. The molecule has 7 nitrogen and oxygen atoms in total. The fraction of sp³-hybridized carbons (Fsp3) is 0.0435. The van der Waals surface area contributed by atoms with Crippen LogP contribution in [0.15, 0.2) is 73.1 Å². The van der Waals surface area contributed by atoms with Gasteiger partial charge in [-0.1, -0.05) is 36.4 Å². The smallest absolute Gasteiger partial charge is 0.222 e. The summed E-state index contributed by atoms with van der Waals surface area (Å²) in [6.45, 7) is 1.46. The van der Waals surface area contributed by atoms with Crippen molar-refractivity contribution in [2.75, 3.05) is 5.32 Å². The van der Waals surface area contributed by atoms with Crippen molar-refractivity contribution in [2.45, 2.75) is 6.92 Å². The number of rotatable bonds is 4. The molecule has 0 spiro atoms. The van der Waals surface area contributed by atoms with Crippen molar-refractivity contribution in [2.24, 2.45) is 0 Å². The zero-order valence-electron chi connectivity index (χ0n) is 16.2. The van der Waals surface area contributed by atoms with Gasteiger partial charge in [-0.3, -0.25) is 14.9 Å². The number of H-pyrrole nitrogens is 2. The van der Waals surface area contributed by atoms with Crippen LogP contribution in [0.4, 0.5) is 5.82 Å². The number of hydrogen-bond donors (Lipinski definition) is 3. The summed E-state index contributed by atoms with van der Waals surface area (Å²) in [4.78, 5) is 23.9. The summed E-state index contributed by atoms with van der Waals surface area (Å²) >= 11 is 0. The van der Waals surface area contributed by atoms with Gasteiger partial charge in [0.2, 0.25) is 5.91 Å². The van der Waals surface area contributed by atoms with E-state index in [9.17, 15) is 4.79 Å². The summed E-state index contributed by atoms with van der Waals surface area (Å²) in [6, 6.07) is 19.8. The molecule has 30 heavy (non-hydrogen) atoms. The van der Waals surface area contributed by atoms with Crippen molar-refractivity contribution < 1.29 is 4.79 Å². The van der Waals surface area contributed by atoms with E-state index in [1.54, 1.807) is 12.4 Å². The molecule has 0 atom stereocenters. The number of amides is 1. The molecular weight excluding hydrogens is 376 g/mol. The number of pyridine rings is 1. The third-order valence-electron chi connectivity index (χ3n) is 4.85. The van der Waals surface area contributed by atoms with Crippen LogP contribution in [0.5, 0.6) is 0 Å². The Morgan fingerprint density at radius 2 is 1.73 bits per heavy atom. The number of nitrogens with zero attached hydrogens (tertiary/aromatic N) is 3. The van der Waals surface area contributed by atoms with Gasteiger partial charge in [0, 0.05) is 41.4 Å². The van der Waals surface area contributed by atoms with Crippen LogP contribution in [0.1, 0.15) is 6.92 Å². The summed E-state index contributed by atoms with van der Waals surface area (Å²) in [7, 11) is 0. The maximum Gasteiger partial charge on any atom is 0.222 e. The van der Waals surface area contributed by atoms with Crippen molar-refractivity contribution in [3.8, 4) is 33.9 Å². The standard InChI is InChI=1S/C23H18N6O/c1-14(30)25-23-18-8-7-17(13-19(18)28-29-23)21-20(15-9-11-24-12-10-15)26-22(27-21)16-5-3-2-4-6-16/h2-13H,1H3,(H,26,27)(H2,25,28,29,30). The van der Waals surface area contributed by atoms with Crippen LogP contribution < -0.4 is 5.32 Å². The Morgan fingerprint density at radius 3 is 2.50 bits per heavy atom. The second kappa shape index (κ2) is 7.29. The average Bonchev–Trinajstić information content (AvgIpc) is 3.39. The Hall–Kier alpha value is -4.26. The molecule has 0 saturated heterocycles. The normalized spacial score (nSPS) is 11.0. The van der Waals surface area contributed by atoms with Crippen LogP contribution in [0.2, 0.25) is 0 Å². The largest absolute Gasteiger partial charge is 0.337 e. The Balaban J connectivity index is 1.66. The molecule has 3 N–H and O–H groups in total. The van der Waals surface area contributed by atoms with E-state index in [1.165, 1.54) is 6.92 Å². The number of imidazole rings is 1. The second-order valence-corrected chi connectivity index (χ2v) is 6.92. The summed E-state index contributed by atoms with van der Waals surface area (Å²) in [5.41, 5.74) is 5.51. The van der Waals surface area contributed by atoms with Crippen molar-refractivity contribution >= 4 is 22.6 Å². The lowest BCUT2D eigenvalue weighted by Crippen LogP contribution is -2.06. The number of benzene rings is 2. The van der Waals surface area contributed by atoms with Crippen molar-refractivity contribution in [1.29, 1.82) is 0 Å². The first-order chi connectivity index (χ1) is 14.7. The van der Waals surface area contributed by atoms with Crippen molar-refractivity contribution in [3.05, 3.63) is 73.1 Å². The van der Waals surface area contributed by atoms with Gasteiger partial charge in [-0.25, -0.2) is 4.98 Å². The van der Waals surface area contributed by atoms with Crippen LogP contribution in [0, 0.1) is 0 Å². The molecule has 5 aromatic rings. The van der Waals surface area contributed by atoms with E-state index < -0.39 is 0 Å². The van der Waals surface area contributed by atoms with E-state index in [1.807, 2.05) is 60.7 Å². The molecule has 0 bridgehead atoms. The minimum absolute atomic E-state index is 0.160. The summed E-state index contributed by atoms with van der Waals surface area (Å²) in [5, 5.41) is 10.8. The fourth-order valence-electron chi connectivity index (χ4n) is 3.47. The van der Waals surface area contributed by atoms with Gasteiger partial charge in [-0.15, -0.1) is 0 Å². The molecule has 3 aromatic heterocycles. The number of carbonyl (C=O) groups is 1. The summed E-state index contributed by atoms with van der Waals surface area (Å²) in [6.07, 6.45) is 3.53. The van der Waals surface area contributed by atoms with Gasteiger partial charge in [0.15, 0.2) is 5.82 Å². The highest BCUT2D eigenvalue weighted by Gasteiger charge is 2.17. The fourth-order valence-corrected chi connectivity index (χ4v) is 3.47. The zero-order valence-corrected chi connectivity index (χ0v) is 16.2. The van der Waals surface area contributed by atoms with E-state index in [-0.39, 0.29) is 5.91 Å². The molecule has 0 fully saturated rings. The number of hydrogen-bond acceptors (Lipinski definition) is 4. The molecule has 0 radical (unpaired) electrons. The van der Waals surface area contributed by atoms with Gasteiger partial charge in [0.1, 0.15) is 5.82 Å². The molecule has 0 saturated carbocycles. The second-order valence-electron chi connectivity index (χ2n) is 6.92. The van der Waals surface area contributed by atoms with Gasteiger partial charge >= 0.3 is 0 Å². The highest BCUT2D eigenvalue weighted by atomic mass is 16.1. The van der Waals surface area contributed by atoms with E-state index in [4.69, 9.17) is 4.98 Å². The van der Waals surface area contributed by atoms with Crippen molar-refractivity contribution in [3.63, 3.8) is 0 Å². The van der Waals surface area contributed by atoms with E-state index in [0.29, 0.717) is 5.82 Å². The average molecular weight is 394 g/mol. The minimum Gasteiger partial charge on any atom is -0.337 e. The van der Waals surface area contributed by atoms with Crippen LogP contribution in [0.25, 0.3) is 44.8 Å². The zero-order chi connectivity index (χ0) is 20.5. The first kappa shape index (κ1) is 17.8.